The Hall–Kier alpha value is -3.33. The van der Waals surface area contributed by atoms with Crippen LogP contribution in [0.2, 0.25) is 0 Å². The first-order valence-electron chi connectivity index (χ1n) is 8.77. The lowest BCUT2D eigenvalue weighted by atomic mass is 10.2. The number of hydrogen-bond donors (Lipinski definition) is 2. The summed E-state index contributed by atoms with van der Waals surface area (Å²) in [6.45, 7) is -0.464. The Kier molecular flexibility index (Phi) is 7.08. The molecule has 154 valence electrons. The molecule has 5 nitrogen and oxygen atoms in total. The third-order valence-electron chi connectivity index (χ3n) is 3.96. The number of carbonyl (C=O) groups is 2. The van der Waals surface area contributed by atoms with Crippen LogP contribution in [0.15, 0.2) is 65.8 Å². The van der Waals surface area contributed by atoms with Gasteiger partial charge in [-0.1, -0.05) is 6.07 Å². The van der Waals surface area contributed by atoms with Gasteiger partial charge in [-0.05, 0) is 48.0 Å². The number of halogens is 3. The molecule has 0 atom stereocenters. The minimum Gasteiger partial charge on any atom is -0.343 e. The monoisotopic (exact) mass is 431 g/mol. The fourth-order valence-electron chi connectivity index (χ4n) is 2.43. The average Bonchev–Trinajstić information content (AvgIpc) is 2.77. The van der Waals surface area contributed by atoms with E-state index in [1.54, 1.807) is 48.4 Å². The van der Waals surface area contributed by atoms with Gasteiger partial charge in [-0.2, -0.15) is 0 Å². The molecule has 9 heteroatoms. The summed E-state index contributed by atoms with van der Waals surface area (Å²) in [7, 11) is 0. The molecular formula is C21H16F3N3O2S. The van der Waals surface area contributed by atoms with Gasteiger partial charge in [-0.15, -0.1) is 11.8 Å². The van der Waals surface area contributed by atoms with Gasteiger partial charge in [0, 0.05) is 28.6 Å². The normalized spacial score (nSPS) is 10.5. The van der Waals surface area contributed by atoms with Crippen molar-refractivity contribution in [2.24, 2.45) is 0 Å². The molecule has 0 aliphatic heterocycles. The fourth-order valence-corrected chi connectivity index (χ4v) is 3.26. The quantitative estimate of drug-likeness (QED) is 0.435. The van der Waals surface area contributed by atoms with Gasteiger partial charge in [0.2, 0.25) is 5.91 Å². The highest BCUT2D eigenvalue weighted by Gasteiger charge is 2.15. The lowest BCUT2D eigenvalue weighted by molar-refractivity contribution is -0.115. The number of rotatable bonds is 7. The lowest BCUT2D eigenvalue weighted by Gasteiger charge is -2.09. The SMILES string of the molecule is O=C(CNC(=O)c1ccc(SCc2cccnc2)cc1)Nc1ccc(F)c(F)c1F. The van der Waals surface area contributed by atoms with E-state index in [2.05, 4.69) is 15.6 Å². The van der Waals surface area contributed by atoms with Crippen LogP contribution in [0, 0.1) is 17.5 Å². The summed E-state index contributed by atoms with van der Waals surface area (Å²) in [5.41, 5.74) is 0.906. The molecule has 2 N–H and O–H groups in total. The van der Waals surface area contributed by atoms with E-state index in [1.165, 1.54) is 0 Å². The van der Waals surface area contributed by atoms with E-state index in [-0.39, 0.29) is 0 Å². The molecule has 2 amide bonds. The van der Waals surface area contributed by atoms with Crippen molar-refractivity contribution in [2.45, 2.75) is 10.6 Å². The molecule has 0 fully saturated rings. The molecule has 2 aromatic carbocycles. The first kappa shape index (κ1) is 21.4. The average molecular weight is 431 g/mol. The maximum absolute atomic E-state index is 13.6. The van der Waals surface area contributed by atoms with E-state index < -0.39 is 41.5 Å². The molecule has 0 bridgehead atoms. The van der Waals surface area contributed by atoms with Crippen LogP contribution in [0.1, 0.15) is 15.9 Å². The second kappa shape index (κ2) is 9.93. The number of anilines is 1. The van der Waals surface area contributed by atoms with Gasteiger partial charge >= 0.3 is 0 Å². The van der Waals surface area contributed by atoms with Gasteiger partial charge in [-0.25, -0.2) is 13.2 Å². The van der Waals surface area contributed by atoms with Crippen LogP contribution in [-0.2, 0) is 10.5 Å². The van der Waals surface area contributed by atoms with Crippen molar-refractivity contribution in [1.82, 2.24) is 10.3 Å². The summed E-state index contributed by atoms with van der Waals surface area (Å²) < 4.78 is 39.7. The van der Waals surface area contributed by atoms with Crippen LogP contribution in [0.4, 0.5) is 18.9 Å². The summed E-state index contributed by atoms with van der Waals surface area (Å²) >= 11 is 1.59. The minimum atomic E-state index is -1.68. The maximum Gasteiger partial charge on any atom is 0.251 e. The second-order valence-electron chi connectivity index (χ2n) is 6.13. The van der Waals surface area contributed by atoms with E-state index >= 15 is 0 Å². The number of carbonyl (C=O) groups excluding carboxylic acids is 2. The number of thioether (sulfide) groups is 1. The highest BCUT2D eigenvalue weighted by atomic mass is 32.2. The van der Waals surface area contributed by atoms with E-state index in [9.17, 15) is 22.8 Å². The first-order valence-corrected chi connectivity index (χ1v) is 9.76. The third-order valence-corrected chi connectivity index (χ3v) is 5.05. The van der Waals surface area contributed by atoms with Crippen molar-refractivity contribution in [3.8, 4) is 0 Å². The Balaban J connectivity index is 1.49. The van der Waals surface area contributed by atoms with Crippen molar-refractivity contribution in [3.63, 3.8) is 0 Å². The predicted octanol–water partition coefficient (Wildman–Crippen LogP) is 4.16. The summed E-state index contributed by atoms with van der Waals surface area (Å²) in [6, 6.07) is 12.2. The van der Waals surface area contributed by atoms with Crippen molar-refractivity contribution in [1.29, 1.82) is 0 Å². The Bertz CT molecular complexity index is 1050. The van der Waals surface area contributed by atoms with Crippen LogP contribution in [-0.4, -0.2) is 23.3 Å². The molecule has 0 aliphatic rings. The molecule has 0 saturated carbocycles. The van der Waals surface area contributed by atoms with E-state index in [4.69, 9.17) is 0 Å². The van der Waals surface area contributed by atoms with Crippen molar-refractivity contribution in [2.75, 3.05) is 11.9 Å². The molecule has 0 spiro atoms. The van der Waals surface area contributed by atoms with E-state index in [1.807, 2.05) is 12.1 Å². The zero-order chi connectivity index (χ0) is 21.5. The van der Waals surface area contributed by atoms with Gasteiger partial charge in [0.25, 0.3) is 5.91 Å². The summed E-state index contributed by atoms with van der Waals surface area (Å²) in [6.07, 6.45) is 3.49. The standard InChI is InChI=1S/C21H16F3N3O2S/c22-16-7-8-17(20(24)19(16)23)27-18(28)11-26-21(29)14-3-5-15(6-4-14)30-12-13-2-1-9-25-10-13/h1-10H,11-12H2,(H,26,29)(H,27,28). The number of hydrogen-bond acceptors (Lipinski definition) is 4. The van der Waals surface area contributed by atoms with E-state index in [0.29, 0.717) is 11.6 Å². The van der Waals surface area contributed by atoms with Crippen LogP contribution in [0.5, 0.6) is 0 Å². The van der Waals surface area contributed by atoms with E-state index in [0.717, 1.165) is 22.3 Å². The smallest absolute Gasteiger partial charge is 0.251 e. The molecule has 1 heterocycles. The zero-order valence-electron chi connectivity index (χ0n) is 15.5. The number of benzene rings is 2. The van der Waals surface area contributed by atoms with Crippen LogP contribution in [0.3, 0.4) is 0 Å². The Morgan fingerprint density at radius 2 is 1.73 bits per heavy atom. The van der Waals surface area contributed by atoms with Crippen LogP contribution < -0.4 is 10.6 Å². The van der Waals surface area contributed by atoms with Crippen molar-refractivity contribution in [3.05, 3.63) is 89.5 Å². The third kappa shape index (κ3) is 5.60. The maximum atomic E-state index is 13.6. The Morgan fingerprint density at radius 3 is 2.43 bits per heavy atom. The highest BCUT2D eigenvalue weighted by molar-refractivity contribution is 7.98. The summed E-state index contributed by atoms with van der Waals surface area (Å²) in [4.78, 5) is 29.0. The summed E-state index contributed by atoms with van der Waals surface area (Å²) in [5, 5.41) is 4.47. The van der Waals surface area contributed by atoms with Crippen molar-refractivity contribution >= 4 is 29.3 Å². The topological polar surface area (TPSA) is 71.1 Å². The molecule has 3 rings (SSSR count). The number of nitrogens with one attached hydrogen (secondary N) is 2. The second-order valence-corrected chi connectivity index (χ2v) is 7.18. The van der Waals surface area contributed by atoms with Crippen LogP contribution in [0.25, 0.3) is 0 Å². The van der Waals surface area contributed by atoms with Crippen LogP contribution >= 0.6 is 11.8 Å². The number of nitrogens with zero attached hydrogens (tertiary/aromatic N) is 1. The highest BCUT2D eigenvalue weighted by Crippen LogP contribution is 2.23. The lowest BCUT2D eigenvalue weighted by Crippen LogP contribution is -2.33. The number of amides is 2. The summed E-state index contributed by atoms with van der Waals surface area (Å²) in [5.74, 6) is -5.09. The molecule has 0 saturated heterocycles. The van der Waals surface area contributed by atoms with Gasteiger partial charge in [0.1, 0.15) is 0 Å². The van der Waals surface area contributed by atoms with Crippen molar-refractivity contribution < 1.29 is 22.8 Å². The van der Waals surface area contributed by atoms with Gasteiger partial charge in [0.05, 0.1) is 12.2 Å². The molecule has 1 aromatic heterocycles. The van der Waals surface area contributed by atoms with Gasteiger partial charge in [0.15, 0.2) is 17.5 Å². The molecule has 0 aliphatic carbocycles. The van der Waals surface area contributed by atoms with Gasteiger partial charge < -0.3 is 10.6 Å². The molecule has 3 aromatic rings. The Morgan fingerprint density at radius 1 is 0.967 bits per heavy atom. The number of aromatic nitrogens is 1. The molecule has 0 radical (unpaired) electrons. The number of pyridine rings is 1. The molecular weight excluding hydrogens is 415 g/mol. The zero-order valence-corrected chi connectivity index (χ0v) is 16.3. The first-order chi connectivity index (χ1) is 14.4. The van der Waals surface area contributed by atoms with Gasteiger partial charge in [-0.3, -0.25) is 14.6 Å². The predicted molar refractivity (Wildman–Crippen MR) is 108 cm³/mol. The molecule has 30 heavy (non-hydrogen) atoms. The largest absolute Gasteiger partial charge is 0.343 e. The Labute approximate surface area is 174 Å². The fraction of sp³-hybridized carbons (Fsp3) is 0.0952. The minimum absolute atomic E-state index is 0.340. The molecule has 0 unspecified atom stereocenters.